The molecule has 0 aliphatic heterocycles. The van der Waals surface area contributed by atoms with E-state index in [0.29, 0.717) is 6.42 Å². The topological polar surface area (TPSA) is 103 Å². The van der Waals surface area contributed by atoms with Crippen LogP contribution < -0.4 is 4.74 Å². The van der Waals surface area contributed by atoms with Crippen LogP contribution in [0.5, 0.6) is 11.6 Å². The van der Waals surface area contributed by atoms with Gasteiger partial charge in [0.15, 0.2) is 5.69 Å². The number of carboxylic acid groups (broad SMARTS) is 1. The predicted octanol–water partition coefficient (Wildman–Crippen LogP) is 3.04. The van der Waals surface area contributed by atoms with Crippen molar-refractivity contribution in [2.24, 2.45) is 0 Å². The van der Waals surface area contributed by atoms with Crippen LogP contribution in [0.2, 0.25) is 0 Å². The zero-order chi connectivity index (χ0) is 15.4. The first-order valence-electron chi connectivity index (χ1n) is 6.16. The van der Waals surface area contributed by atoms with Gasteiger partial charge in [0.25, 0.3) is 0 Å². The molecule has 108 valence electrons. The number of pyridine rings is 1. The summed E-state index contributed by atoms with van der Waals surface area (Å²) in [6, 6.07) is 8.82. The number of nitro groups is 1. The van der Waals surface area contributed by atoms with Crippen molar-refractivity contribution >= 4 is 11.7 Å². The normalized spacial score (nSPS) is 10.1. The van der Waals surface area contributed by atoms with Crippen LogP contribution in [0, 0.1) is 10.1 Å². The van der Waals surface area contributed by atoms with E-state index >= 15 is 0 Å². The maximum absolute atomic E-state index is 11.1. The van der Waals surface area contributed by atoms with E-state index in [0.717, 1.165) is 5.56 Å². The molecule has 0 aliphatic carbocycles. The van der Waals surface area contributed by atoms with Gasteiger partial charge in [0.05, 0.1) is 4.92 Å². The number of aromatic carboxylic acids is 1. The Labute approximate surface area is 120 Å². The first kappa shape index (κ1) is 14.4. The van der Waals surface area contributed by atoms with Crippen molar-refractivity contribution in [1.82, 2.24) is 4.98 Å². The summed E-state index contributed by atoms with van der Waals surface area (Å²) in [5, 5.41) is 19.9. The fourth-order valence-electron chi connectivity index (χ4n) is 1.72. The lowest BCUT2D eigenvalue weighted by molar-refractivity contribution is -0.385. The number of aryl methyl sites for hydroxylation is 1. The smallest absolute Gasteiger partial charge is 0.354 e. The molecule has 0 atom stereocenters. The summed E-state index contributed by atoms with van der Waals surface area (Å²) in [5.41, 5.74) is 0.429. The van der Waals surface area contributed by atoms with Crippen LogP contribution in [0.25, 0.3) is 0 Å². The lowest BCUT2D eigenvalue weighted by Crippen LogP contribution is -2.01. The number of hydrogen-bond acceptors (Lipinski definition) is 5. The molecule has 1 aromatic carbocycles. The van der Waals surface area contributed by atoms with E-state index in [4.69, 9.17) is 9.84 Å². The molecule has 2 aromatic rings. The summed E-state index contributed by atoms with van der Waals surface area (Å²) >= 11 is 0. The number of benzene rings is 1. The molecule has 1 N–H and O–H groups in total. The highest BCUT2D eigenvalue weighted by atomic mass is 16.6. The van der Waals surface area contributed by atoms with Crippen molar-refractivity contribution < 1.29 is 19.6 Å². The molecule has 0 unspecified atom stereocenters. The number of nitrogens with zero attached hydrogens (tertiary/aromatic N) is 2. The summed E-state index contributed by atoms with van der Waals surface area (Å²) in [6.45, 7) is 1.89. The van der Waals surface area contributed by atoms with Crippen LogP contribution in [-0.4, -0.2) is 21.0 Å². The Morgan fingerprint density at radius 3 is 2.76 bits per heavy atom. The zero-order valence-corrected chi connectivity index (χ0v) is 11.1. The van der Waals surface area contributed by atoms with Crippen molar-refractivity contribution in [3.05, 3.63) is 57.8 Å². The predicted molar refractivity (Wildman–Crippen MR) is 73.7 cm³/mol. The minimum absolute atomic E-state index is 0.0118. The third-order valence-corrected chi connectivity index (χ3v) is 2.79. The van der Waals surface area contributed by atoms with Crippen LogP contribution in [0.1, 0.15) is 23.0 Å². The largest absolute Gasteiger partial charge is 0.477 e. The number of carboxylic acids is 1. The summed E-state index contributed by atoms with van der Waals surface area (Å²) in [4.78, 5) is 25.1. The number of nitro benzene ring substituents is 1. The third-order valence-electron chi connectivity index (χ3n) is 2.79. The quantitative estimate of drug-likeness (QED) is 0.670. The Kier molecular flexibility index (Phi) is 4.13. The Morgan fingerprint density at radius 2 is 2.14 bits per heavy atom. The molecule has 0 saturated carbocycles. The second-order valence-corrected chi connectivity index (χ2v) is 4.18. The highest BCUT2D eigenvalue weighted by Crippen LogP contribution is 2.31. The second-order valence-electron chi connectivity index (χ2n) is 4.18. The minimum atomic E-state index is -1.20. The number of ether oxygens (including phenoxy) is 1. The molecule has 0 fully saturated rings. The van der Waals surface area contributed by atoms with Crippen molar-refractivity contribution in [3.8, 4) is 11.6 Å². The average molecular weight is 288 g/mol. The van der Waals surface area contributed by atoms with Gasteiger partial charge in [-0.2, -0.15) is 0 Å². The maximum atomic E-state index is 11.1. The number of hydrogen-bond donors (Lipinski definition) is 1. The first-order chi connectivity index (χ1) is 10.0. The molecule has 0 bridgehead atoms. The summed E-state index contributed by atoms with van der Waals surface area (Å²) in [6.07, 6.45) is 0.661. The molecule has 0 saturated heterocycles. The molecule has 2 rings (SSSR count). The van der Waals surface area contributed by atoms with E-state index in [2.05, 4.69) is 4.98 Å². The maximum Gasteiger partial charge on any atom is 0.354 e. The second kappa shape index (κ2) is 6.00. The van der Waals surface area contributed by atoms with Crippen molar-refractivity contribution in [1.29, 1.82) is 0 Å². The van der Waals surface area contributed by atoms with Gasteiger partial charge in [0.1, 0.15) is 0 Å². The minimum Gasteiger partial charge on any atom is -0.477 e. The molecule has 7 heteroatoms. The van der Waals surface area contributed by atoms with Gasteiger partial charge in [-0.15, -0.1) is 0 Å². The van der Waals surface area contributed by atoms with E-state index in [9.17, 15) is 14.9 Å². The Balaban J connectivity index is 2.37. The van der Waals surface area contributed by atoms with Gasteiger partial charge in [-0.3, -0.25) is 10.1 Å². The highest BCUT2D eigenvalue weighted by Gasteiger charge is 2.17. The molecule has 0 spiro atoms. The van der Waals surface area contributed by atoms with Crippen LogP contribution in [0.3, 0.4) is 0 Å². The molecular formula is C14H12N2O5. The molecule has 1 aromatic heterocycles. The molecule has 0 radical (unpaired) electrons. The van der Waals surface area contributed by atoms with Gasteiger partial charge >= 0.3 is 11.7 Å². The highest BCUT2D eigenvalue weighted by molar-refractivity contribution is 5.85. The van der Waals surface area contributed by atoms with Crippen LogP contribution in [0.15, 0.2) is 36.4 Å². The van der Waals surface area contributed by atoms with Crippen LogP contribution in [0.4, 0.5) is 5.69 Å². The van der Waals surface area contributed by atoms with Gasteiger partial charge in [0.2, 0.25) is 11.6 Å². The lowest BCUT2D eigenvalue weighted by atomic mass is 10.1. The Bertz CT molecular complexity index is 700. The zero-order valence-electron chi connectivity index (χ0n) is 11.1. The summed E-state index contributed by atoms with van der Waals surface area (Å²) < 4.78 is 5.35. The average Bonchev–Trinajstić information content (AvgIpc) is 2.47. The molecule has 0 amide bonds. The van der Waals surface area contributed by atoms with Gasteiger partial charge < -0.3 is 9.84 Å². The number of carbonyl (C=O) groups is 1. The van der Waals surface area contributed by atoms with Crippen LogP contribution >= 0.6 is 0 Å². The molecule has 21 heavy (non-hydrogen) atoms. The van der Waals surface area contributed by atoms with Gasteiger partial charge in [-0.05, 0) is 24.1 Å². The number of aromatic nitrogens is 1. The van der Waals surface area contributed by atoms with Crippen molar-refractivity contribution in [3.63, 3.8) is 0 Å². The SMILES string of the molecule is CCc1ccc(Oc2cccc(C(=O)O)n2)c([N+](=O)[O-])c1. The van der Waals surface area contributed by atoms with Gasteiger partial charge in [-0.1, -0.05) is 19.1 Å². The third kappa shape index (κ3) is 3.33. The Morgan fingerprint density at radius 1 is 1.38 bits per heavy atom. The molecule has 1 heterocycles. The standard InChI is InChI=1S/C14H12N2O5/c1-2-9-6-7-12(11(8-9)16(19)20)21-13-5-3-4-10(15-13)14(17)18/h3-8H,2H2,1H3,(H,17,18). The molecule has 0 aliphatic rings. The van der Waals surface area contributed by atoms with E-state index in [1.807, 2.05) is 6.92 Å². The molecular weight excluding hydrogens is 276 g/mol. The summed E-state index contributed by atoms with van der Waals surface area (Å²) in [5.74, 6) is -1.19. The fourth-order valence-corrected chi connectivity index (χ4v) is 1.72. The Hall–Kier alpha value is -2.96. The first-order valence-corrected chi connectivity index (χ1v) is 6.16. The van der Waals surface area contributed by atoms with E-state index in [1.165, 1.54) is 30.3 Å². The number of rotatable bonds is 5. The van der Waals surface area contributed by atoms with Crippen molar-refractivity contribution in [2.75, 3.05) is 0 Å². The van der Waals surface area contributed by atoms with E-state index in [1.54, 1.807) is 6.07 Å². The van der Waals surface area contributed by atoms with Gasteiger partial charge in [0, 0.05) is 12.1 Å². The van der Waals surface area contributed by atoms with E-state index < -0.39 is 10.9 Å². The lowest BCUT2D eigenvalue weighted by Gasteiger charge is -2.07. The summed E-state index contributed by atoms with van der Waals surface area (Å²) in [7, 11) is 0. The fraction of sp³-hybridized carbons (Fsp3) is 0.143. The molecule has 7 nitrogen and oxygen atoms in total. The van der Waals surface area contributed by atoms with E-state index in [-0.39, 0.29) is 23.0 Å². The van der Waals surface area contributed by atoms with Crippen molar-refractivity contribution in [2.45, 2.75) is 13.3 Å². The monoisotopic (exact) mass is 288 g/mol. The van der Waals surface area contributed by atoms with Crippen LogP contribution in [-0.2, 0) is 6.42 Å². The van der Waals surface area contributed by atoms with Gasteiger partial charge in [-0.25, -0.2) is 9.78 Å².